The number of ether oxygens (including phenoxy) is 1. The summed E-state index contributed by atoms with van der Waals surface area (Å²) >= 11 is 2.50. The minimum atomic E-state index is -0.565. The lowest BCUT2D eigenvalue weighted by atomic mass is 9.96. The number of amides is 1. The topological polar surface area (TPSA) is 138 Å². The van der Waals surface area contributed by atoms with Gasteiger partial charge in [-0.1, -0.05) is 59.9 Å². The molecule has 2 aromatic heterocycles. The largest absolute Gasteiger partial charge is 0.497 e. The molecule has 4 aromatic rings. The van der Waals surface area contributed by atoms with Gasteiger partial charge in [0.1, 0.15) is 34.3 Å². The Morgan fingerprint density at radius 1 is 1.17 bits per heavy atom. The number of fused-ring (bicyclic) bond motifs is 1. The molecule has 1 atom stereocenters. The van der Waals surface area contributed by atoms with Gasteiger partial charge in [0.2, 0.25) is 5.91 Å². The number of aryl methyl sites for hydroxylation is 1. The predicted octanol–water partition coefficient (Wildman–Crippen LogP) is 5.51. The molecule has 0 saturated carbocycles. The Labute approximate surface area is 216 Å². The molecule has 1 unspecified atom stereocenters. The summed E-state index contributed by atoms with van der Waals surface area (Å²) in [7, 11) is 1.59. The first kappa shape index (κ1) is 25.0. The van der Waals surface area contributed by atoms with Crippen molar-refractivity contribution >= 4 is 50.2 Å². The molecule has 2 heterocycles. The first-order valence-corrected chi connectivity index (χ1v) is 12.7. The van der Waals surface area contributed by atoms with Crippen molar-refractivity contribution in [3.8, 4) is 29.0 Å². The number of thioether (sulfide) groups is 1. The van der Waals surface area contributed by atoms with E-state index in [1.54, 1.807) is 7.11 Å². The van der Waals surface area contributed by atoms with E-state index < -0.39 is 5.25 Å². The molecule has 36 heavy (non-hydrogen) atoms. The van der Waals surface area contributed by atoms with E-state index >= 15 is 0 Å². The Morgan fingerprint density at radius 3 is 2.53 bits per heavy atom. The lowest BCUT2D eigenvalue weighted by Crippen LogP contribution is -2.25. The second-order valence-electron chi connectivity index (χ2n) is 7.87. The summed E-state index contributed by atoms with van der Waals surface area (Å²) in [4.78, 5) is 22.0. The van der Waals surface area contributed by atoms with Gasteiger partial charge in [-0.25, -0.2) is 9.97 Å². The number of benzene rings is 2. The van der Waals surface area contributed by atoms with E-state index in [0.29, 0.717) is 33.5 Å². The second kappa shape index (κ2) is 10.6. The molecule has 2 aromatic carbocycles. The van der Waals surface area contributed by atoms with Gasteiger partial charge in [0, 0.05) is 5.56 Å². The smallest absolute Gasteiger partial charge is 0.239 e. The number of pyridine rings is 1. The van der Waals surface area contributed by atoms with E-state index in [0.717, 1.165) is 27.5 Å². The summed E-state index contributed by atoms with van der Waals surface area (Å²) in [6.07, 6.45) is 0.474. The Balaban J connectivity index is 1.66. The van der Waals surface area contributed by atoms with Gasteiger partial charge in [0.05, 0.1) is 28.1 Å². The standard InChI is InChI=1S/C26H22N6O2S2/c1-4-20(24(33)32-26-30-19-10-9-16(34-3)11-21(19)36-26)35-25-18(13-28)22(17(12-27)23(29)31-25)15-7-5-14(2)6-8-15/h5-11,20H,4H2,1-3H3,(H2,29,31)(H,30,32,33). The Kier molecular flexibility index (Phi) is 7.39. The lowest BCUT2D eigenvalue weighted by Gasteiger charge is -2.17. The molecule has 180 valence electrons. The zero-order valence-corrected chi connectivity index (χ0v) is 21.5. The molecule has 3 N–H and O–H groups in total. The zero-order chi connectivity index (χ0) is 25.8. The van der Waals surface area contributed by atoms with E-state index in [1.165, 1.54) is 11.3 Å². The number of rotatable bonds is 7. The highest BCUT2D eigenvalue weighted by molar-refractivity contribution is 8.00. The molecule has 4 rings (SSSR count). The first-order chi connectivity index (χ1) is 17.4. The van der Waals surface area contributed by atoms with Crippen LogP contribution < -0.4 is 15.8 Å². The number of hydrogen-bond acceptors (Lipinski definition) is 9. The van der Waals surface area contributed by atoms with Crippen molar-refractivity contribution in [1.82, 2.24) is 9.97 Å². The quantitative estimate of drug-likeness (QED) is 0.308. The normalized spacial score (nSPS) is 11.5. The molecule has 1 amide bonds. The van der Waals surface area contributed by atoms with Crippen LogP contribution in [0.15, 0.2) is 47.5 Å². The fourth-order valence-electron chi connectivity index (χ4n) is 3.62. The maximum atomic E-state index is 13.2. The molecule has 8 nitrogen and oxygen atoms in total. The molecule has 0 saturated heterocycles. The molecular weight excluding hydrogens is 492 g/mol. The van der Waals surface area contributed by atoms with Crippen molar-refractivity contribution in [2.75, 3.05) is 18.2 Å². The first-order valence-electron chi connectivity index (χ1n) is 11.0. The molecule has 0 aliphatic carbocycles. The van der Waals surface area contributed by atoms with Gasteiger partial charge in [0.25, 0.3) is 0 Å². The molecular formula is C26H22N6O2S2. The summed E-state index contributed by atoms with van der Waals surface area (Å²) in [6, 6.07) is 17.3. The fourth-order valence-corrected chi connectivity index (χ4v) is 5.54. The number of anilines is 2. The van der Waals surface area contributed by atoms with Crippen LogP contribution in [0, 0.1) is 29.6 Å². The van der Waals surface area contributed by atoms with Gasteiger partial charge in [0.15, 0.2) is 5.13 Å². The fraction of sp³-hybridized carbons (Fsp3) is 0.192. The molecule has 0 radical (unpaired) electrons. The number of nitriles is 2. The van der Waals surface area contributed by atoms with Gasteiger partial charge < -0.3 is 15.8 Å². The maximum Gasteiger partial charge on any atom is 0.239 e. The van der Waals surface area contributed by atoms with E-state index in [4.69, 9.17) is 10.5 Å². The number of methoxy groups -OCH3 is 1. The predicted molar refractivity (Wildman–Crippen MR) is 143 cm³/mol. The Bertz CT molecular complexity index is 1530. The minimum absolute atomic E-state index is 0.0185. The number of carbonyl (C=O) groups excluding carboxylic acids is 1. The van der Waals surface area contributed by atoms with Crippen LogP contribution in [-0.4, -0.2) is 28.2 Å². The summed E-state index contributed by atoms with van der Waals surface area (Å²) in [5.74, 6) is 0.466. The van der Waals surface area contributed by atoms with Gasteiger partial charge in [-0.15, -0.1) is 0 Å². The number of aromatic nitrogens is 2. The van der Waals surface area contributed by atoms with E-state index in [-0.39, 0.29) is 22.9 Å². The number of nitrogen functional groups attached to an aromatic ring is 1. The number of nitrogens with one attached hydrogen (secondary N) is 1. The summed E-state index contributed by atoms with van der Waals surface area (Å²) in [5, 5.41) is 22.9. The highest BCUT2D eigenvalue weighted by atomic mass is 32.2. The number of thiazole rings is 1. The SMILES string of the molecule is CCC(Sc1nc(N)c(C#N)c(-c2ccc(C)cc2)c1C#N)C(=O)Nc1nc2ccc(OC)cc2s1. The van der Waals surface area contributed by atoms with Crippen LogP contribution in [0.25, 0.3) is 21.3 Å². The van der Waals surface area contributed by atoms with E-state index in [1.807, 2.05) is 56.3 Å². The van der Waals surface area contributed by atoms with E-state index in [9.17, 15) is 15.3 Å². The third-order valence-corrected chi connectivity index (χ3v) is 7.78. The van der Waals surface area contributed by atoms with Gasteiger partial charge in [-0.3, -0.25) is 4.79 Å². The van der Waals surface area contributed by atoms with Crippen molar-refractivity contribution in [2.45, 2.75) is 30.5 Å². The van der Waals surface area contributed by atoms with Gasteiger partial charge in [-0.2, -0.15) is 10.5 Å². The van der Waals surface area contributed by atoms with E-state index in [2.05, 4.69) is 27.4 Å². The van der Waals surface area contributed by atoms with Gasteiger partial charge in [-0.05, 0) is 37.1 Å². The summed E-state index contributed by atoms with van der Waals surface area (Å²) in [6.45, 7) is 3.83. The van der Waals surface area contributed by atoms with Crippen LogP contribution in [0.5, 0.6) is 5.75 Å². The van der Waals surface area contributed by atoms with Crippen LogP contribution in [0.1, 0.15) is 30.0 Å². The highest BCUT2D eigenvalue weighted by Gasteiger charge is 2.26. The second-order valence-corrected chi connectivity index (χ2v) is 10.1. The monoisotopic (exact) mass is 514 g/mol. The van der Waals surface area contributed by atoms with Crippen molar-refractivity contribution in [1.29, 1.82) is 10.5 Å². The minimum Gasteiger partial charge on any atom is -0.497 e. The molecule has 0 spiro atoms. The molecule has 10 heteroatoms. The van der Waals surface area contributed by atoms with Crippen LogP contribution in [0.3, 0.4) is 0 Å². The molecule has 0 bridgehead atoms. The van der Waals surface area contributed by atoms with Crippen molar-refractivity contribution in [3.63, 3.8) is 0 Å². The molecule has 0 aliphatic heterocycles. The number of carbonyl (C=O) groups is 1. The third kappa shape index (κ3) is 4.96. The van der Waals surface area contributed by atoms with Gasteiger partial charge >= 0.3 is 0 Å². The molecule has 0 fully saturated rings. The highest BCUT2D eigenvalue weighted by Crippen LogP contribution is 2.38. The number of nitrogens with zero attached hydrogens (tertiary/aromatic N) is 4. The summed E-state index contributed by atoms with van der Waals surface area (Å²) < 4.78 is 6.14. The van der Waals surface area contributed by atoms with Crippen molar-refractivity contribution < 1.29 is 9.53 Å². The number of nitrogens with two attached hydrogens (primary N) is 1. The Morgan fingerprint density at radius 2 is 1.89 bits per heavy atom. The van der Waals surface area contributed by atoms with Crippen LogP contribution in [-0.2, 0) is 4.79 Å². The zero-order valence-electron chi connectivity index (χ0n) is 19.8. The number of hydrogen-bond donors (Lipinski definition) is 2. The third-order valence-electron chi connectivity index (χ3n) is 5.50. The average molecular weight is 515 g/mol. The van der Waals surface area contributed by atoms with Crippen molar-refractivity contribution in [2.24, 2.45) is 0 Å². The Hall–Kier alpha value is -4.12. The van der Waals surface area contributed by atoms with Crippen LogP contribution in [0.4, 0.5) is 10.9 Å². The van der Waals surface area contributed by atoms with Crippen molar-refractivity contribution in [3.05, 3.63) is 59.2 Å². The lowest BCUT2D eigenvalue weighted by molar-refractivity contribution is -0.115. The maximum absolute atomic E-state index is 13.2. The van der Waals surface area contributed by atoms with Crippen LogP contribution in [0.2, 0.25) is 0 Å². The summed E-state index contributed by atoms with van der Waals surface area (Å²) in [5.41, 5.74) is 9.40. The molecule has 0 aliphatic rings. The van der Waals surface area contributed by atoms with Crippen LogP contribution >= 0.6 is 23.1 Å². The average Bonchev–Trinajstić information content (AvgIpc) is 3.28.